The summed E-state index contributed by atoms with van der Waals surface area (Å²) >= 11 is 0. The van der Waals surface area contributed by atoms with Gasteiger partial charge >= 0.3 is 6.03 Å². The van der Waals surface area contributed by atoms with E-state index in [9.17, 15) is 18.3 Å². The Balaban J connectivity index is 1.50. The molecule has 3 N–H and O–H groups in total. The standard InChI is InChI=1S/C23H31N5O5S/c1-23(2)18-12-24-21(25-16-7-9-33-10-8-16)26-19(18)13-28(23)22(30)27-20(14-29)15-5-4-6-17(11-15)34(3,31)32/h4-6,11-12,16,20,29H,7-10,13-14H2,1-3H3,(H,27,30)(H,24,25,26)/t20-/m1/s1. The Morgan fingerprint density at radius 2 is 2.06 bits per heavy atom. The second-order valence-electron chi connectivity index (χ2n) is 9.26. The fourth-order valence-corrected chi connectivity index (χ4v) is 5.06. The number of aliphatic hydroxyl groups is 1. The number of aromatic nitrogens is 2. The van der Waals surface area contributed by atoms with E-state index in [4.69, 9.17) is 4.74 Å². The molecule has 2 aliphatic rings. The normalized spacial score (nSPS) is 18.9. The lowest BCUT2D eigenvalue weighted by atomic mass is 9.97. The zero-order chi connectivity index (χ0) is 24.5. The van der Waals surface area contributed by atoms with Crippen LogP contribution >= 0.6 is 0 Å². The molecule has 10 nitrogen and oxygen atoms in total. The van der Waals surface area contributed by atoms with Gasteiger partial charge in [-0.2, -0.15) is 0 Å². The highest BCUT2D eigenvalue weighted by Crippen LogP contribution is 2.38. The molecule has 2 aliphatic heterocycles. The molecule has 1 saturated heterocycles. The molecule has 0 unspecified atom stereocenters. The summed E-state index contributed by atoms with van der Waals surface area (Å²) in [6.07, 6.45) is 4.66. The minimum atomic E-state index is -3.41. The highest BCUT2D eigenvalue weighted by atomic mass is 32.2. The summed E-state index contributed by atoms with van der Waals surface area (Å²) in [5, 5.41) is 16.1. The molecule has 34 heavy (non-hydrogen) atoms. The number of amides is 2. The number of aliphatic hydroxyl groups excluding tert-OH is 1. The van der Waals surface area contributed by atoms with Crippen molar-refractivity contribution in [1.29, 1.82) is 0 Å². The third-order valence-electron chi connectivity index (χ3n) is 6.48. The zero-order valence-electron chi connectivity index (χ0n) is 19.6. The van der Waals surface area contributed by atoms with Crippen LogP contribution in [0.4, 0.5) is 10.7 Å². The van der Waals surface area contributed by atoms with Crippen LogP contribution in [0.1, 0.15) is 49.6 Å². The number of urea groups is 1. The Kier molecular flexibility index (Phi) is 6.79. The van der Waals surface area contributed by atoms with Crippen LogP contribution in [0.2, 0.25) is 0 Å². The molecule has 1 atom stereocenters. The molecule has 1 aromatic heterocycles. The lowest BCUT2D eigenvalue weighted by molar-refractivity contribution is 0.0903. The minimum absolute atomic E-state index is 0.131. The highest BCUT2D eigenvalue weighted by Gasteiger charge is 2.42. The number of rotatable bonds is 6. The number of carbonyl (C=O) groups excluding carboxylic acids is 1. The molecule has 3 heterocycles. The Morgan fingerprint density at radius 1 is 1.32 bits per heavy atom. The fraction of sp³-hybridized carbons (Fsp3) is 0.522. The predicted octanol–water partition coefficient (Wildman–Crippen LogP) is 1.96. The van der Waals surface area contributed by atoms with Gasteiger partial charge in [-0.1, -0.05) is 12.1 Å². The van der Waals surface area contributed by atoms with Gasteiger partial charge in [0.05, 0.1) is 35.3 Å². The first-order valence-electron chi connectivity index (χ1n) is 11.3. The summed E-state index contributed by atoms with van der Waals surface area (Å²) in [5.74, 6) is 0.537. The van der Waals surface area contributed by atoms with Crippen molar-refractivity contribution in [3.05, 3.63) is 47.3 Å². The van der Waals surface area contributed by atoms with E-state index >= 15 is 0 Å². The minimum Gasteiger partial charge on any atom is -0.394 e. The van der Waals surface area contributed by atoms with Crippen molar-refractivity contribution >= 4 is 21.8 Å². The van der Waals surface area contributed by atoms with E-state index in [-0.39, 0.29) is 23.6 Å². The second kappa shape index (κ2) is 9.47. The molecule has 4 rings (SSSR count). The van der Waals surface area contributed by atoms with Crippen molar-refractivity contribution in [2.75, 3.05) is 31.4 Å². The number of nitrogens with one attached hydrogen (secondary N) is 2. The van der Waals surface area contributed by atoms with Crippen LogP contribution in [-0.4, -0.2) is 66.5 Å². The van der Waals surface area contributed by atoms with Crippen LogP contribution in [0, 0.1) is 0 Å². The largest absolute Gasteiger partial charge is 0.394 e. The predicted molar refractivity (Wildman–Crippen MR) is 126 cm³/mol. The summed E-state index contributed by atoms with van der Waals surface area (Å²) in [6, 6.07) is 5.35. The lowest BCUT2D eigenvalue weighted by Crippen LogP contribution is -2.47. The Labute approximate surface area is 199 Å². The molecule has 0 bridgehead atoms. The Bertz CT molecular complexity index is 1160. The molecule has 1 aromatic carbocycles. The molecule has 2 amide bonds. The number of anilines is 1. The maximum Gasteiger partial charge on any atom is 0.319 e. The molecule has 0 spiro atoms. The highest BCUT2D eigenvalue weighted by molar-refractivity contribution is 7.90. The fourth-order valence-electron chi connectivity index (χ4n) is 4.38. The third kappa shape index (κ3) is 5.01. The third-order valence-corrected chi connectivity index (χ3v) is 7.59. The number of hydrogen-bond acceptors (Lipinski definition) is 8. The molecule has 0 saturated carbocycles. The first kappa shape index (κ1) is 24.4. The summed E-state index contributed by atoms with van der Waals surface area (Å²) in [4.78, 5) is 24.2. The van der Waals surface area contributed by atoms with Gasteiger partial charge in [-0.25, -0.2) is 23.2 Å². The van der Waals surface area contributed by atoms with E-state index in [0.29, 0.717) is 31.3 Å². The van der Waals surface area contributed by atoms with Crippen molar-refractivity contribution < 1.29 is 23.1 Å². The molecule has 184 valence electrons. The lowest BCUT2D eigenvalue weighted by Gasteiger charge is -2.33. The maximum atomic E-state index is 13.3. The van der Waals surface area contributed by atoms with Crippen molar-refractivity contribution in [2.45, 2.75) is 55.8 Å². The quantitative estimate of drug-likeness (QED) is 0.561. The number of benzene rings is 1. The number of fused-ring (bicyclic) bond motifs is 1. The Hall–Kier alpha value is -2.76. The van der Waals surface area contributed by atoms with E-state index < -0.39 is 21.4 Å². The summed E-state index contributed by atoms with van der Waals surface area (Å²) < 4.78 is 29.2. The van der Waals surface area contributed by atoms with Gasteiger partial charge in [0.2, 0.25) is 5.95 Å². The number of sulfone groups is 1. The smallest absolute Gasteiger partial charge is 0.319 e. The van der Waals surface area contributed by atoms with Crippen LogP contribution in [0.15, 0.2) is 35.4 Å². The van der Waals surface area contributed by atoms with Gasteiger partial charge in [0, 0.05) is 37.3 Å². The van der Waals surface area contributed by atoms with Gasteiger partial charge < -0.3 is 25.4 Å². The Morgan fingerprint density at radius 3 is 2.74 bits per heavy atom. The van der Waals surface area contributed by atoms with Gasteiger partial charge in [-0.3, -0.25) is 0 Å². The van der Waals surface area contributed by atoms with E-state index in [1.807, 2.05) is 13.8 Å². The summed E-state index contributed by atoms with van der Waals surface area (Å²) in [6.45, 7) is 5.18. The molecular formula is C23H31N5O5S. The summed E-state index contributed by atoms with van der Waals surface area (Å²) in [7, 11) is -3.41. The van der Waals surface area contributed by atoms with Crippen molar-refractivity contribution in [3.8, 4) is 0 Å². The molecule has 11 heteroatoms. The second-order valence-corrected chi connectivity index (χ2v) is 11.3. The van der Waals surface area contributed by atoms with Crippen molar-refractivity contribution in [1.82, 2.24) is 20.2 Å². The number of nitrogens with zero attached hydrogens (tertiary/aromatic N) is 3. The van der Waals surface area contributed by atoms with Gasteiger partial charge in [-0.05, 0) is 44.4 Å². The zero-order valence-corrected chi connectivity index (χ0v) is 20.4. The van der Waals surface area contributed by atoms with Crippen LogP contribution < -0.4 is 10.6 Å². The van der Waals surface area contributed by atoms with Crippen LogP contribution in [0.5, 0.6) is 0 Å². The average molecular weight is 490 g/mol. The van der Waals surface area contributed by atoms with Gasteiger partial charge in [0.25, 0.3) is 0 Å². The maximum absolute atomic E-state index is 13.3. The summed E-state index contributed by atoms with van der Waals surface area (Å²) in [5.41, 5.74) is 1.48. The number of ether oxygens (including phenoxy) is 1. The van der Waals surface area contributed by atoms with Gasteiger partial charge in [0.15, 0.2) is 9.84 Å². The SMILES string of the molecule is CC1(C)c2cnc(NC3CCOCC3)nc2CN1C(=O)N[C@H](CO)c1cccc(S(C)(=O)=O)c1. The monoisotopic (exact) mass is 489 g/mol. The molecule has 0 aliphatic carbocycles. The first-order chi connectivity index (χ1) is 16.1. The van der Waals surface area contributed by atoms with Crippen molar-refractivity contribution in [2.24, 2.45) is 0 Å². The molecule has 2 aromatic rings. The average Bonchev–Trinajstić information content (AvgIpc) is 3.07. The van der Waals surface area contributed by atoms with Gasteiger partial charge in [0.1, 0.15) is 0 Å². The van der Waals surface area contributed by atoms with E-state index in [1.165, 1.54) is 12.1 Å². The van der Waals surface area contributed by atoms with E-state index in [0.717, 1.165) is 30.4 Å². The number of hydrogen-bond donors (Lipinski definition) is 3. The molecular weight excluding hydrogens is 458 g/mol. The number of carbonyl (C=O) groups is 1. The van der Waals surface area contributed by atoms with Crippen LogP contribution in [0.25, 0.3) is 0 Å². The first-order valence-corrected chi connectivity index (χ1v) is 13.2. The molecule has 0 radical (unpaired) electrons. The topological polar surface area (TPSA) is 134 Å². The van der Waals surface area contributed by atoms with Gasteiger partial charge in [-0.15, -0.1) is 0 Å². The van der Waals surface area contributed by atoms with Crippen LogP contribution in [-0.2, 0) is 26.7 Å². The van der Waals surface area contributed by atoms with E-state index in [2.05, 4.69) is 20.6 Å². The molecule has 1 fully saturated rings. The van der Waals surface area contributed by atoms with Crippen molar-refractivity contribution in [3.63, 3.8) is 0 Å². The van der Waals surface area contributed by atoms with Crippen LogP contribution in [0.3, 0.4) is 0 Å². The van der Waals surface area contributed by atoms with E-state index in [1.54, 1.807) is 23.2 Å².